The van der Waals surface area contributed by atoms with Gasteiger partial charge in [0.05, 0.1) is 5.56 Å². The minimum absolute atomic E-state index is 0.200. The van der Waals surface area contributed by atoms with Crippen LogP contribution in [-0.2, 0) is 26.2 Å². The second-order valence-electron chi connectivity index (χ2n) is 11.1. The molecule has 0 saturated carbocycles. The highest BCUT2D eigenvalue weighted by Crippen LogP contribution is 2.35. The zero-order valence-electron chi connectivity index (χ0n) is 24.2. The van der Waals surface area contributed by atoms with Crippen molar-refractivity contribution in [1.82, 2.24) is 9.80 Å². The van der Waals surface area contributed by atoms with Gasteiger partial charge in [-0.3, -0.25) is 9.80 Å². The lowest BCUT2D eigenvalue weighted by atomic mass is 9.77. The molecule has 0 aromatic heterocycles. The fourth-order valence-corrected chi connectivity index (χ4v) is 5.92. The van der Waals surface area contributed by atoms with Crippen LogP contribution < -0.4 is 10.9 Å². The fraction of sp³-hybridized carbons (Fsp3) is 0.182. The quantitative estimate of drug-likeness (QED) is 0.120. The van der Waals surface area contributed by atoms with E-state index in [1.807, 2.05) is 56.6 Å². The molecule has 0 bridgehead atoms. The van der Waals surface area contributed by atoms with Crippen LogP contribution in [0, 0.1) is 0 Å². The van der Waals surface area contributed by atoms with E-state index in [1.54, 1.807) is 36.4 Å². The molecule has 5 aromatic rings. The van der Waals surface area contributed by atoms with Gasteiger partial charge in [-0.25, -0.2) is 4.79 Å². The number of carboxylic acids is 1. The third kappa shape index (κ3) is 6.65. The van der Waals surface area contributed by atoms with E-state index in [-0.39, 0.29) is 5.56 Å². The van der Waals surface area contributed by atoms with Gasteiger partial charge in [-0.05, 0) is 81.0 Å². The van der Waals surface area contributed by atoms with Crippen molar-refractivity contribution in [2.45, 2.75) is 26.2 Å². The molecule has 43 heavy (non-hydrogen) atoms. The van der Waals surface area contributed by atoms with Gasteiger partial charge in [0, 0.05) is 26.2 Å². The van der Waals surface area contributed by atoms with Crippen molar-refractivity contribution < 1.29 is 30.0 Å². The third-order valence-electron chi connectivity index (χ3n) is 7.90. The van der Waals surface area contributed by atoms with Gasteiger partial charge < -0.3 is 25.2 Å². The maximum Gasteiger partial charge on any atom is 0.488 e. The Kier molecular flexibility index (Phi) is 9.27. The van der Waals surface area contributed by atoms with Crippen molar-refractivity contribution in [3.63, 3.8) is 0 Å². The highest BCUT2D eigenvalue weighted by Gasteiger charge is 2.21. The Bertz CT molecular complexity index is 1780. The molecule has 0 unspecified atom stereocenters. The third-order valence-corrected chi connectivity index (χ3v) is 7.90. The first kappa shape index (κ1) is 30.4. The summed E-state index contributed by atoms with van der Waals surface area (Å²) in [5.74, 6) is -1.00. The first-order chi connectivity index (χ1) is 20.6. The average molecular weight is 576 g/mol. The molecule has 10 heteroatoms. The molecular formula is C33H34B2N2O6. The van der Waals surface area contributed by atoms with Gasteiger partial charge in [0.2, 0.25) is 0 Å². The molecule has 5 rings (SSSR count). The van der Waals surface area contributed by atoms with E-state index >= 15 is 0 Å². The summed E-state index contributed by atoms with van der Waals surface area (Å²) in [7, 11) is 0.788. The Morgan fingerprint density at radius 3 is 1.47 bits per heavy atom. The van der Waals surface area contributed by atoms with Crippen LogP contribution in [0.4, 0.5) is 0 Å². The highest BCUT2D eigenvalue weighted by molar-refractivity contribution is 6.59. The zero-order chi connectivity index (χ0) is 30.7. The number of hydrogen-bond acceptors (Lipinski definition) is 7. The lowest BCUT2D eigenvalue weighted by Gasteiger charge is -2.25. The maximum absolute atomic E-state index is 12.0. The molecule has 0 saturated heterocycles. The van der Waals surface area contributed by atoms with Crippen molar-refractivity contribution in [2.75, 3.05) is 14.1 Å². The highest BCUT2D eigenvalue weighted by atomic mass is 16.4. The molecule has 8 nitrogen and oxygen atoms in total. The molecule has 0 aliphatic rings. The molecule has 0 spiro atoms. The maximum atomic E-state index is 12.0. The fourth-order valence-electron chi connectivity index (χ4n) is 5.92. The summed E-state index contributed by atoms with van der Waals surface area (Å²) in [6, 6.07) is 27.8. The molecule has 0 heterocycles. The standard InChI is InChI=1S/C33H34B2N2O6/c1-36(18-23-9-3-7-13-31(23)34(40)41)20-29-25-11-5-6-12-26(25)30(28-17-22(33(38)39)15-16-27(28)29)21-37(2)19-24-10-4-8-14-32(24)35(42)43/h3-17,40-43H,18-21H2,1-2H3,(H,38,39). The van der Waals surface area contributed by atoms with Gasteiger partial charge in [0.25, 0.3) is 0 Å². The topological polar surface area (TPSA) is 125 Å². The minimum atomic E-state index is -1.58. The number of aromatic carboxylic acids is 1. The van der Waals surface area contributed by atoms with Gasteiger partial charge in [-0.1, -0.05) is 78.9 Å². The van der Waals surface area contributed by atoms with Crippen LogP contribution in [0.3, 0.4) is 0 Å². The normalized spacial score (nSPS) is 11.5. The number of fused-ring (bicyclic) bond motifs is 2. The van der Waals surface area contributed by atoms with Crippen molar-refractivity contribution in [3.8, 4) is 0 Å². The van der Waals surface area contributed by atoms with E-state index in [0.29, 0.717) is 37.1 Å². The van der Waals surface area contributed by atoms with Crippen LogP contribution >= 0.6 is 0 Å². The van der Waals surface area contributed by atoms with Crippen molar-refractivity contribution in [3.05, 3.63) is 119 Å². The van der Waals surface area contributed by atoms with Crippen LogP contribution in [0.5, 0.6) is 0 Å². The van der Waals surface area contributed by atoms with Crippen molar-refractivity contribution in [1.29, 1.82) is 0 Å². The van der Waals surface area contributed by atoms with Gasteiger partial charge >= 0.3 is 20.2 Å². The summed E-state index contributed by atoms with van der Waals surface area (Å²) in [5, 5.41) is 53.1. The minimum Gasteiger partial charge on any atom is -0.478 e. The molecule has 0 aliphatic heterocycles. The summed E-state index contributed by atoms with van der Waals surface area (Å²) in [4.78, 5) is 16.2. The summed E-state index contributed by atoms with van der Waals surface area (Å²) in [5.41, 5.74) is 4.76. The first-order valence-corrected chi connectivity index (χ1v) is 14.1. The molecule has 5 aromatic carbocycles. The van der Waals surface area contributed by atoms with E-state index in [1.165, 1.54) is 0 Å². The number of nitrogens with zero attached hydrogens (tertiary/aromatic N) is 2. The van der Waals surface area contributed by atoms with E-state index in [0.717, 1.165) is 43.8 Å². The monoisotopic (exact) mass is 576 g/mol. The number of carboxylic acid groups (broad SMARTS) is 1. The largest absolute Gasteiger partial charge is 0.488 e. The van der Waals surface area contributed by atoms with E-state index in [4.69, 9.17) is 0 Å². The number of carbonyl (C=O) groups is 1. The van der Waals surface area contributed by atoms with E-state index in [2.05, 4.69) is 21.9 Å². The molecule has 0 amide bonds. The van der Waals surface area contributed by atoms with Gasteiger partial charge in [0.15, 0.2) is 0 Å². The smallest absolute Gasteiger partial charge is 0.478 e. The van der Waals surface area contributed by atoms with Crippen molar-refractivity contribution >= 4 is 52.7 Å². The Morgan fingerprint density at radius 1 is 0.581 bits per heavy atom. The Morgan fingerprint density at radius 2 is 1.00 bits per heavy atom. The van der Waals surface area contributed by atoms with Crippen LogP contribution in [0.15, 0.2) is 91.0 Å². The van der Waals surface area contributed by atoms with Gasteiger partial charge in [-0.15, -0.1) is 0 Å². The summed E-state index contributed by atoms with van der Waals surface area (Å²) < 4.78 is 0. The predicted octanol–water partition coefficient (Wildman–Crippen LogP) is 2.31. The summed E-state index contributed by atoms with van der Waals surface area (Å²) in [6.07, 6.45) is 0. The average Bonchev–Trinajstić information content (AvgIpc) is 2.98. The summed E-state index contributed by atoms with van der Waals surface area (Å²) >= 11 is 0. The van der Waals surface area contributed by atoms with Crippen LogP contribution in [0.25, 0.3) is 21.5 Å². The van der Waals surface area contributed by atoms with Crippen LogP contribution in [-0.4, -0.2) is 69.3 Å². The molecule has 0 fully saturated rings. The molecular weight excluding hydrogens is 542 g/mol. The predicted molar refractivity (Wildman–Crippen MR) is 171 cm³/mol. The van der Waals surface area contributed by atoms with Gasteiger partial charge in [-0.2, -0.15) is 0 Å². The lowest BCUT2D eigenvalue weighted by molar-refractivity contribution is 0.0697. The number of rotatable bonds is 11. The van der Waals surface area contributed by atoms with E-state index < -0.39 is 20.2 Å². The van der Waals surface area contributed by atoms with Gasteiger partial charge in [0.1, 0.15) is 0 Å². The lowest BCUT2D eigenvalue weighted by Crippen LogP contribution is -2.35. The van der Waals surface area contributed by atoms with Crippen LogP contribution in [0.1, 0.15) is 32.6 Å². The Balaban J connectivity index is 1.58. The number of benzene rings is 5. The Hall–Kier alpha value is -4.02. The number of hydrogen-bond donors (Lipinski definition) is 5. The SMILES string of the molecule is CN(Cc1ccccc1B(O)O)Cc1c2ccccc2c(CN(C)Cc2ccccc2B(O)O)c2cc(C(=O)O)ccc12. The molecule has 218 valence electrons. The molecule has 0 aliphatic carbocycles. The molecule has 5 N–H and O–H groups in total. The zero-order valence-corrected chi connectivity index (χ0v) is 24.2. The van der Waals surface area contributed by atoms with Crippen LogP contribution in [0.2, 0.25) is 0 Å². The Labute approximate surface area is 251 Å². The second-order valence-corrected chi connectivity index (χ2v) is 11.1. The van der Waals surface area contributed by atoms with E-state index in [9.17, 15) is 30.0 Å². The first-order valence-electron chi connectivity index (χ1n) is 14.1. The second kappa shape index (κ2) is 13.1. The molecule has 0 atom stereocenters. The van der Waals surface area contributed by atoms with Crippen molar-refractivity contribution in [2.24, 2.45) is 0 Å². The molecule has 0 radical (unpaired) electrons. The summed E-state index contributed by atoms with van der Waals surface area (Å²) in [6.45, 7) is 1.98.